The van der Waals surface area contributed by atoms with Gasteiger partial charge in [-0.25, -0.2) is 9.31 Å². The summed E-state index contributed by atoms with van der Waals surface area (Å²) in [5, 5.41) is 9.49. The molecule has 19 heavy (non-hydrogen) atoms. The summed E-state index contributed by atoms with van der Waals surface area (Å²) in [6.07, 6.45) is 3.95. The van der Waals surface area contributed by atoms with Gasteiger partial charge in [0.1, 0.15) is 0 Å². The van der Waals surface area contributed by atoms with Gasteiger partial charge in [-0.15, -0.1) is 5.10 Å². The first-order valence-corrected chi connectivity index (χ1v) is 6.29. The Kier molecular flexibility index (Phi) is 3.28. The van der Waals surface area contributed by atoms with Gasteiger partial charge in [0.2, 0.25) is 0 Å². The predicted molar refractivity (Wildman–Crippen MR) is 69.0 cm³/mol. The van der Waals surface area contributed by atoms with Gasteiger partial charge in [0.15, 0.2) is 5.65 Å². The van der Waals surface area contributed by atoms with Crippen LogP contribution in [0, 0.1) is 0 Å². The smallest absolute Gasteiger partial charge is 0.321 e. The summed E-state index contributed by atoms with van der Waals surface area (Å²) >= 11 is 0. The molecule has 1 aliphatic rings. The molecule has 100 valence electrons. The molecule has 0 unspecified atom stereocenters. The van der Waals surface area contributed by atoms with E-state index in [4.69, 9.17) is 4.74 Å². The van der Waals surface area contributed by atoms with Crippen LogP contribution in [0.1, 0.15) is 12.8 Å². The van der Waals surface area contributed by atoms with Gasteiger partial charge < -0.3 is 10.1 Å². The van der Waals surface area contributed by atoms with Gasteiger partial charge in [0.25, 0.3) is 5.95 Å². The molecule has 3 heterocycles. The van der Waals surface area contributed by atoms with E-state index in [2.05, 4.69) is 20.7 Å². The fourth-order valence-electron chi connectivity index (χ4n) is 2.04. The lowest BCUT2D eigenvalue weighted by Crippen LogP contribution is -2.35. The number of urea groups is 1. The van der Waals surface area contributed by atoms with E-state index in [9.17, 15) is 4.79 Å². The number of hydrogen-bond acceptors (Lipinski definition) is 4. The van der Waals surface area contributed by atoms with E-state index in [1.54, 1.807) is 10.7 Å². The Labute approximate surface area is 110 Å². The molecule has 2 N–H and O–H groups in total. The monoisotopic (exact) mass is 261 g/mol. The Morgan fingerprint density at radius 1 is 1.53 bits per heavy atom. The standard InChI is InChI=1S/C12H15N5O2/c18-12(13-8-9-4-3-7-19-9)15-11-14-10-5-1-2-6-17(10)16-11/h1-2,5-6,9H,3-4,7-8H2,(H2,13,15,16,18)/t9-/m0/s1. The van der Waals surface area contributed by atoms with E-state index in [-0.39, 0.29) is 18.1 Å². The van der Waals surface area contributed by atoms with Crippen LogP contribution in [0.15, 0.2) is 24.4 Å². The summed E-state index contributed by atoms with van der Waals surface area (Å²) in [7, 11) is 0. The topological polar surface area (TPSA) is 80.5 Å². The van der Waals surface area contributed by atoms with Crippen LogP contribution in [-0.4, -0.2) is 39.9 Å². The summed E-state index contributed by atoms with van der Waals surface area (Å²) in [6.45, 7) is 1.29. The Balaban J connectivity index is 1.56. The van der Waals surface area contributed by atoms with Gasteiger partial charge in [-0.3, -0.25) is 5.32 Å². The predicted octanol–water partition coefficient (Wildman–Crippen LogP) is 1.03. The van der Waals surface area contributed by atoms with Gasteiger partial charge >= 0.3 is 6.03 Å². The van der Waals surface area contributed by atoms with Crippen LogP contribution in [0.2, 0.25) is 0 Å². The van der Waals surface area contributed by atoms with Gasteiger partial charge in [0.05, 0.1) is 6.10 Å². The van der Waals surface area contributed by atoms with Crippen molar-refractivity contribution in [3.05, 3.63) is 24.4 Å². The number of amides is 2. The largest absolute Gasteiger partial charge is 0.376 e. The number of carbonyl (C=O) groups excluding carboxylic acids is 1. The molecule has 2 amide bonds. The SMILES string of the molecule is O=C(NC[C@@H]1CCCO1)Nc1nc2ccccn2n1. The number of hydrogen-bond donors (Lipinski definition) is 2. The Morgan fingerprint density at radius 2 is 2.47 bits per heavy atom. The molecule has 1 aliphatic heterocycles. The molecule has 0 bridgehead atoms. The van der Waals surface area contributed by atoms with Crippen LogP contribution in [0.5, 0.6) is 0 Å². The van der Waals surface area contributed by atoms with Crippen molar-refractivity contribution >= 4 is 17.6 Å². The van der Waals surface area contributed by atoms with Gasteiger partial charge in [0, 0.05) is 19.3 Å². The molecular formula is C12H15N5O2. The molecule has 7 nitrogen and oxygen atoms in total. The number of fused-ring (bicyclic) bond motifs is 1. The van der Waals surface area contributed by atoms with Crippen molar-refractivity contribution < 1.29 is 9.53 Å². The quantitative estimate of drug-likeness (QED) is 0.864. The molecule has 2 aromatic rings. The highest BCUT2D eigenvalue weighted by atomic mass is 16.5. The van der Waals surface area contributed by atoms with Crippen molar-refractivity contribution in [2.75, 3.05) is 18.5 Å². The number of rotatable bonds is 3. The Morgan fingerprint density at radius 3 is 3.26 bits per heavy atom. The molecule has 0 spiro atoms. The zero-order valence-electron chi connectivity index (χ0n) is 10.4. The molecule has 1 atom stereocenters. The van der Waals surface area contributed by atoms with Gasteiger partial charge in [-0.1, -0.05) is 6.07 Å². The van der Waals surface area contributed by atoms with E-state index in [0.717, 1.165) is 19.4 Å². The second-order valence-electron chi connectivity index (χ2n) is 4.41. The first kappa shape index (κ1) is 11.9. The van der Waals surface area contributed by atoms with Crippen molar-refractivity contribution in [3.8, 4) is 0 Å². The number of nitrogens with one attached hydrogen (secondary N) is 2. The molecule has 3 rings (SSSR count). The minimum atomic E-state index is -0.314. The summed E-state index contributed by atoms with van der Waals surface area (Å²) in [5.74, 6) is 0.288. The number of ether oxygens (including phenoxy) is 1. The fraction of sp³-hybridized carbons (Fsp3) is 0.417. The molecule has 1 saturated heterocycles. The third-order valence-corrected chi connectivity index (χ3v) is 2.98. The molecule has 1 fully saturated rings. The average Bonchev–Trinajstić information content (AvgIpc) is 3.04. The first-order chi connectivity index (χ1) is 9.31. The molecule has 0 radical (unpaired) electrons. The van der Waals surface area contributed by atoms with Crippen LogP contribution in [0.3, 0.4) is 0 Å². The van der Waals surface area contributed by atoms with Crippen LogP contribution in [0.25, 0.3) is 5.65 Å². The van der Waals surface area contributed by atoms with Crippen LogP contribution >= 0.6 is 0 Å². The van der Waals surface area contributed by atoms with Crippen molar-refractivity contribution in [1.82, 2.24) is 19.9 Å². The number of anilines is 1. The lowest BCUT2D eigenvalue weighted by Gasteiger charge is -2.10. The molecule has 0 saturated carbocycles. The minimum absolute atomic E-state index is 0.125. The number of carbonyl (C=O) groups is 1. The molecule has 7 heteroatoms. The zero-order chi connectivity index (χ0) is 13.1. The highest BCUT2D eigenvalue weighted by Gasteiger charge is 2.16. The maximum absolute atomic E-state index is 11.7. The van der Waals surface area contributed by atoms with E-state index in [1.165, 1.54) is 0 Å². The van der Waals surface area contributed by atoms with E-state index in [1.807, 2.05) is 18.2 Å². The molecule has 0 aliphatic carbocycles. The average molecular weight is 261 g/mol. The highest BCUT2D eigenvalue weighted by molar-refractivity contribution is 5.87. The van der Waals surface area contributed by atoms with Gasteiger partial charge in [-0.2, -0.15) is 4.98 Å². The fourth-order valence-corrected chi connectivity index (χ4v) is 2.04. The van der Waals surface area contributed by atoms with Crippen molar-refractivity contribution in [3.63, 3.8) is 0 Å². The molecular weight excluding hydrogens is 246 g/mol. The van der Waals surface area contributed by atoms with Crippen molar-refractivity contribution in [1.29, 1.82) is 0 Å². The maximum atomic E-state index is 11.7. The molecule has 2 aromatic heterocycles. The minimum Gasteiger partial charge on any atom is -0.376 e. The van der Waals surface area contributed by atoms with Gasteiger partial charge in [-0.05, 0) is 25.0 Å². The third kappa shape index (κ3) is 2.82. The summed E-state index contributed by atoms with van der Waals surface area (Å²) in [6, 6.07) is 5.22. The molecule has 0 aromatic carbocycles. The zero-order valence-corrected chi connectivity index (χ0v) is 10.4. The number of pyridine rings is 1. The second kappa shape index (κ2) is 5.23. The van der Waals surface area contributed by atoms with Crippen LogP contribution < -0.4 is 10.6 Å². The van der Waals surface area contributed by atoms with Crippen molar-refractivity contribution in [2.24, 2.45) is 0 Å². The number of nitrogens with zero attached hydrogens (tertiary/aromatic N) is 3. The number of aromatic nitrogens is 3. The van der Waals surface area contributed by atoms with E-state index >= 15 is 0 Å². The Bertz CT molecular complexity index is 543. The van der Waals surface area contributed by atoms with Crippen LogP contribution in [0.4, 0.5) is 10.7 Å². The maximum Gasteiger partial charge on any atom is 0.321 e. The van der Waals surface area contributed by atoms with E-state index < -0.39 is 0 Å². The first-order valence-electron chi connectivity index (χ1n) is 6.29. The van der Waals surface area contributed by atoms with E-state index in [0.29, 0.717) is 12.2 Å². The summed E-state index contributed by atoms with van der Waals surface area (Å²) in [4.78, 5) is 15.9. The summed E-state index contributed by atoms with van der Waals surface area (Å²) in [5.41, 5.74) is 0.692. The Hall–Kier alpha value is -2.15. The lowest BCUT2D eigenvalue weighted by molar-refractivity contribution is 0.112. The normalized spacial score (nSPS) is 18.6. The summed E-state index contributed by atoms with van der Waals surface area (Å²) < 4.78 is 7.03. The van der Waals surface area contributed by atoms with Crippen LogP contribution in [-0.2, 0) is 4.74 Å². The highest BCUT2D eigenvalue weighted by Crippen LogP contribution is 2.10. The second-order valence-corrected chi connectivity index (χ2v) is 4.41. The van der Waals surface area contributed by atoms with Crippen molar-refractivity contribution in [2.45, 2.75) is 18.9 Å². The lowest BCUT2D eigenvalue weighted by atomic mass is 10.2. The third-order valence-electron chi connectivity index (χ3n) is 2.98.